The second-order valence-electron chi connectivity index (χ2n) is 5.66. The Morgan fingerprint density at radius 1 is 1.07 bits per heavy atom. The molecule has 158 valence electrons. The van der Waals surface area contributed by atoms with E-state index in [1.807, 2.05) is 0 Å². The van der Waals surface area contributed by atoms with E-state index in [2.05, 4.69) is 20.7 Å². The lowest BCUT2D eigenvalue weighted by Crippen LogP contribution is -2.22. The van der Waals surface area contributed by atoms with E-state index in [1.54, 1.807) is 0 Å². The highest BCUT2D eigenvalue weighted by atomic mass is 19.4. The number of amides is 2. The van der Waals surface area contributed by atoms with Gasteiger partial charge in [-0.05, 0) is 12.1 Å². The molecule has 0 aliphatic rings. The second-order valence-corrected chi connectivity index (χ2v) is 5.66. The van der Waals surface area contributed by atoms with Gasteiger partial charge in [-0.25, -0.2) is 13.6 Å². The molecule has 0 saturated carbocycles. The summed E-state index contributed by atoms with van der Waals surface area (Å²) in [6, 6.07) is 3.56. The van der Waals surface area contributed by atoms with E-state index in [-0.39, 0.29) is 35.7 Å². The van der Waals surface area contributed by atoms with Gasteiger partial charge in [-0.3, -0.25) is 0 Å². The van der Waals surface area contributed by atoms with Crippen molar-refractivity contribution in [2.45, 2.75) is 13.0 Å². The standard InChI is InChI=1S/C17H17F5N4O3/c18-9-3-14(19)13(8-27)15(4-9)26-16(28)25-11-5-10(24-2-1-23)6-12(7-11)29-17(20,21)22/h3-7,24,27H,1-2,8,23H2,(H2,25,26,28). The molecule has 29 heavy (non-hydrogen) atoms. The summed E-state index contributed by atoms with van der Waals surface area (Å²) in [7, 11) is 0. The number of alkyl halides is 3. The Kier molecular flexibility index (Phi) is 7.18. The number of rotatable bonds is 7. The number of hydrogen-bond donors (Lipinski definition) is 5. The molecule has 0 atom stereocenters. The van der Waals surface area contributed by atoms with Crippen LogP contribution in [0.25, 0.3) is 0 Å². The molecule has 12 heteroatoms. The van der Waals surface area contributed by atoms with E-state index in [9.17, 15) is 31.9 Å². The van der Waals surface area contributed by atoms with Crippen molar-refractivity contribution in [3.05, 3.63) is 47.5 Å². The van der Waals surface area contributed by atoms with Gasteiger partial charge in [0.25, 0.3) is 0 Å². The van der Waals surface area contributed by atoms with Crippen molar-refractivity contribution < 1.29 is 36.6 Å². The van der Waals surface area contributed by atoms with Crippen LogP contribution in [0.15, 0.2) is 30.3 Å². The summed E-state index contributed by atoms with van der Waals surface area (Å²) in [6.07, 6.45) is -4.96. The van der Waals surface area contributed by atoms with Crippen molar-refractivity contribution >= 4 is 23.1 Å². The molecule has 0 spiro atoms. The lowest BCUT2D eigenvalue weighted by atomic mass is 10.1. The van der Waals surface area contributed by atoms with Crippen LogP contribution in [0.5, 0.6) is 5.75 Å². The topological polar surface area (TPSA) is 109 Å². The molecule has 7 nitrogen and oxygen atoms in total. The number of hydrogen-bond acceptors (Lipinski definition) is 5. The number of carbonyl (C=O) groups is 1. The molecule has 2 rings (SSSR count). The number of aliphatic hydroxyl groups is 1. The molecule has 0 unspecified atom stereocenters. The molecule has 0 saturated heterocycles. The first-order valence-corrected chi connectivity index (χ1v) is 8.13. The fourth-order valence-corrected chi connectivity index (χ4v) is 2.34. The zero-order valence-corrected chi connectivity index (χ0v) is 14.7. The van der Waals surface area contributed by atoms with Gasteiger partial charge in [-0.2, -0.15) is 0 Å². The molecule has 2 amide bonds. The van der Waals surface area contributed by atoms with E-state index >= 15 is 0 Å². The third kappa shape index (κ3) is 6.76. The van der Waals surface area contributed by atoms with Gasteiger partial charge in [0, 0.05) is 48.2 Å². The third-order valence-electron chi connectivity index (χ3n) is 3.44. The zero-order valence-electron chi connectivity index (χ0n) is 14.7. The molecule has 0 fully saturated rings. The second kappa shape index (κ2) is 9.39. The number of nitrogens with one attached hydrogen (secondary N) is 3. The van der Waals surface area contributed by atoms with Crippen LogP contribution in [0.1, 0.15) is 5.56 Å². The summed E-state index contributed by atoms with van der Waals surface area (Å²) in [5.41, 5.74) is 4.71. The molecule has 6 N–H and O–H groups in total. The van der Waals surface area contributed by atoms with Gasteiger partial charge in [0.2, 0.25) is 0 Å². The average Bonchev–Trinajstić information content (AvgIpc) is 2.57. The smallest absolute Gasteiger partial charge is 0.406 e. The first-order valence-electron chi connectivity index (χ1n) is 8.13. The molecule has 2 aromatic rings. The van der Waals surface area contributed by atoms with Crippen LogP contribution in [0.3, 0.4) is 0 Å². The van der Waals surface area contributed by atoms with Crippen molar-refractivity contribution in [3.63, 3.8) is 0 Å². The van der Waals surface area contributed by atoms with Gasteiger partial charge >= 0.3 is 12.4 Å². The lowest BCUT2D eigenvalue weighted by Gasteiger charge is -2.15. The number of nitrogens with two attached hydrogens (primary N) is 1. The molecule has 0 aliphatic heterocycles. The summed E-state index contributed by atoms with van der Waals surface area (Å²) >= 11 is 0. The van der Waals surface area contributed by atoms with Gasteiger partial charge < -0.3 is 31.5 Å². The monoisotopic (exact) mass is 420 g/mol. The van der Waals surface area contributed by atoms with Crippen molar-refractivity contribution in [2.75, 3.05) is 29.0 Å². The van der Waals surface area contributed by atoms with Crippen LogP contribution in [0, 0.1) is 11.6 Å². The molecule has 0 bridgehead atoms. The van der Waals surface area contributed by atoms with E-state index in [1.165, 1.54) is 6.07 Å². The first kappa shape index (κ1) is 22.2. The normalized spacial score (nSPS) is 11.1. The minimum atomic E-state index is -4.96. The quantitative estimate of drug-likeness (QED) is 0.442. The van der Waals surface area contributed by atoms with Crippen LogP contribution < -0.4 is 26.4 Å². The van der Waals surface area contributed by atoms with Crippen molar-refractivity contribution in [3.8, 4) is 5.75 Å². The largest absolute Gasteiger partial charge is 0.573 e. The summed E-state index contributed by atoms with van der Waals surface area (Å²) in [6.45, 7) is -0.379. The minimum Gasteiger partial charge on any atom is -0.406 e. The molecule has 0 heterocycles. The summed E-state index contributed by atoms with van der Waals surface area (Å²) in [5, 5.41) is 16.3. The van der Waals surface area contributed by atoms with Gasteiger partial charge in [-0.15, -0.1) is 13.2 Å². The number of ether oxygens (including phenoxy) is 1. The molecular weight excluding hydrogens is 403 g/mol. The number of benzene rings is 2. The highest BCUT2D eigenvalue weighted by molar-refractivity contribution is 6.00. The lowest BCUT2D eigenvalue weighted by molar-refractivity contribution is -0.274. The first-order chi connectivity index (χ1) is 13.6. The van der Waals surface area contributed by atoms with Gasteiger partial charge in [-0.1, -0.05) is 0 Å². The van der Waals surface area contributed by atoms with Gasteiger partial charge in [0.1, 0.15) is 17.4 Å². The van der Waals surface area contributed by atoms with E-state index in [0.717, 1.165) is 18.2 Å². The van der Waals surface area contributed by atoms with Crippen molar-refractivity contribution in [1.29, 1.82) is 0 Å². The number of carbonyl (C=O) groups excluding carboxylic acids is 1. The Morgan fingerprint density at radius 3 is 2.38 bits per heavy atom. The molecule has 0 aromatic heterocycles. The number of anilines is 3. The predicted molar refractivity (Wildman–Crippen MR) is 95.6 cm³/mol. The summed E-state index contributed by atoms with van der Waals surface area (Å²) in [4.78, 5) is 12.1. The predicted octanol–water partition coefficient (Wildman–Crippen LogP) is 3.37. The summed E-state index contributed by atoms with van der Waals surface area (Å²) < 4.78 is 68.4. The maximum atomic E-state index is 13.7. The van der Waals surface area contributed by atoms with Crippen LogP contribution >= 0.6 is 0 Å². The Morgan fingerprint density at radius 2 is 1.76 bits per heavy atom. The van der Waals surface area contributed by atoms with Gasteiger partial charge in [0.05, 0.1) is 12.3 Å². The zero-order chi connectivity index (χ0) is 21.6. The number of urea groups is 1. The van der Waals surface area contributed by atoms with E-state index in [0.29, 0.717) is 6.07 Å². The van der Waals surface area contributed by atoms with E-state index < -0.39 is 36.4 Å². The Labute approximate surface area is 161 Å². The van der Waals surface area contributed by atoms with Crippen LogP contribution in [-0.2, 0) is 6.61 Å². The fraction of sp³-hybridized carbons (Fsp3) is 0.235. The maximum Gasteiger partial charge on any atom is 0.573 e. The Balaban J connectivity index is 2.23. The maximum absolute atomic E-state index is 13.7. The van der Waals surface area contributed by atoms with Crippen molar-refractivity contribution in [2.24, 2.45) is 5.73 Å². The Hall–Kier alpha value is -3.12. The number of aliphatic hydroxyl groups excluding tert-OH is 1. The average molecular weight is 420 g/mol. The van der Waals surface area contributed by atoms with E-state index in [4.69, 9.17) is 5.73 Å². The molecule has 0 radical (unpaired) electrons. The SMILES string of the molecule is NCCNc1cc(NC(=O)Nc2cc(F)cc(F)c2CO)cc(OC(F)(F)F)c1. The highest BCUT2D eigenvalue weighted by Crippen LogP contribution is 2.29. The van der Waals surface area contributed by atoms with Crippen LogP contribution in [0.4, 0.5) is 43.8 Å². The summed E-state index contributed by atoms with van der Waals surface area (Å²) in [5.74, 6) is -2.68. The number of halogens is 5. The minimum absolute atomic E-state index is 0.105. The van der Waals surface area contributed by atoms with Crippen molar-refractivity contribution in [1.82, 2.24) is 0 Å². The molecular formula is C17H17F5N4O3. The fourth-order valence-electron chi connectivity index (χ4n) is 2.34. The molecule has 2 aromatic carbocycles. The van der Waals surface area contributed by atoms with Gasteiger partial charge in [0.15, 0.2) is 0 Å². The third-order valence-corrected chi connectivity index (χ3v) is 3.44. The highest BCUT2D eigenvalue weighted by Gasteiger charge is 2.31. The van der Waals surface area contributed by atoms with Crippen LogP contribution in [-0.4, -0.2) is 30.6 Å². The Bertz CT molecular complexity index is 877. The molecule has 0 aliphatic carbocycles. The van der Waals surface area contributed by atoms with Crippen LogP contribution in [0.2, 0.25) is 0 Å².